The molecule has 14 heteroatoms. The van der Waals surface area contributed by atoms with E-state index in [0.29, 0.717) is 18.2 Å². The summed E-state index contributed by atoms with van der Waals surface area (Å²) in [7, 11) is 0. The molecule has 0 spiro atoms. The molecular weight excluding hydrogens is 453 g/mol. The molecule has 30 heavy (non-hydrogen) atoms. The Morgan fingerprint density at radius 2 is 2.00 bits per heavy atom. The molecule has 1 aromatic rings. The number of ether oxygens (including phenoxy) is 2. The molecule has 9 nitrogen and oxygen atoms in total. The van der Waals surface area contributed by atoms with Crippen molar-refractivity contribution in [1.82, 2.24) is 9.97 Å². The molecular formula is C16H16ClF3N4O5S. The minimum Gasteiger partial charge on any atom is -0.344 e. The van der Waals surface area contributed by atoms with Gasteiger partial charge in [0.25, 0.3) is 0 Å². The maximum atomic E-state index is 13.0. The number of hydrogen-bond donors (Lipinski definition) is 0. The predicted molar refractivity (Wildman–Crippen MR) is 98.3 cm³/mol. The predicted octanol–water partition coefficient (Wildman–Crippen LogP) is 3.34. The van der Waals surface area contributed by atoms with E-state index >= 15 is 0 Å². The van der Waals surface area contributed by atoms with Gasteiger partial charge in [0.15, 0.2) is 10.9 Å². The van der Waals surface area contributed by atoms with Gasteiger partial charge < -0.3 is 9.47 Å². The summed E-state index contributed by atoms with van der Waals surface area (Å²) in [4.78, 5) is 32.7. The van der Waals surface area contributed by atoms with E-state index in [-0.39, 0.29) is 11.0 Å². The van der Waals surface area contributed by atoms with Gasteiger partial charge in [0.05, 0.1) is 23.3 Å². The van der Waals surface area contributed by atoms with Crippen molar-refractivity contribution in [2.75, 3.05) is 10.7 Å². The molecule has 4 rings (SSSR count). The van der Waals surface area contributed by atoms with Gasteiger partial charge >= 0.3 is 11.9 Å². The zero-order valence-electron chi connectivity index (χ0n) is 15.7. The average molecular weight is 469 g/mol. The third kappa shape index (κ3) is 3.72. The zero-order chi connectivity index (χ0) is 22.0. The number of carbonyl (C=O) groups is 1. The number of fused-ring (bicyclic) bond motifs is 5. The zero-order valence-corrected chi connectivity index (χ0v) is 17.3. The maximum absolute atomic E-state index is 13.0. The Kier molecular flexibility index (Phi) is 5.15. The first kappa shape index (κ1) is 21.5. The van der Waals surface area contributed by atoms with Gasteiger partial charge in [0.2, 0.25) is 16.9 Å². The van der Waals surface area contributed by atoms with Gasteiger partial charge in [0, 0.05) is 5.75 Å². The molecule has 1 aromatic heterocycles. The Balaban J connectivity index is 1.67. The molecule has 4 atom stereocenters. The van der Waals surface area contributed by atoms with Crippen molar-refractivity contribution < 1.29 is 32.4 Å². The van der Waals surface area contributed by atoms with Crippen LogP contribution in [0.2, 0.25) is 5.15 Å². The third-order valence-corrected chi connectivity index (χ3v) is 6.26. The van der Waals surface area contributed by atoms with E-state index < -0.39 is 70.0 Å². The number of nitrogens with zero attached hydrogens (tertiary/aromatic N) is 4. The number of nitro groups is 1. The normalized spacial score (nSPS) is 29.5. The molecule has 4 unspecified atom stereocenters. The number of piperidine rings is 1. The summed E-state index contributed by atoms with van der Waals surface area (Å²) in [5.41, 5.74) is -0.674. The molecule has 0 N–H and O–H groups in total. The Hall–Kier alpha value is -1.70. The second kappa shape index (κ2) is 7.18. The fraction of sp³-hybridized carbons (Fsp3) is 0.688. The highest BCUT2D eigenvalue weighted by Crippen LogP contribution is 2.51. The van der Waals surface area contributed by atoms with E-state index in [1.165, 1.54) is 0 Å². The highest BCUT2D eigenvalue weighted by molar-refractivity contribution is 7.99. The Morgan fingerprint density at radius 1 is 1.33 bits per heavy atom. The van der Waals surface area contributed by atoms with Crippen LogP contribution in [0.5, 0.6) is 0 Å². The molecule has 3 heterocycles. The number of anilines is 1. The molecule has 2 saturated heterocycles. The summed E-state index contributed by atoms with van der Waals surface area (Å²) >= 11 is 6.61. The van der Waals surface area contributed by atoms with Gasteiger partial charge in [-0.25, -0.2) is 4.98 Å². The van der Waals surface area contributed by atoms with Gasteiger partial charge in [-0.3, -0.25) is 19.8 Å². The molecule has 3 fully saturated rings. The first-order valence-electron chi connectivity index (χ1n) is 8.98. The first-order valence-corrected chi connectivity index (χ1v) is 10.3. The Labute approximate surface area is 177 Å². The molecule has 0 aromatic carbocycles. The SMILES string of the molecule is CC1(C)OC2C3CC(C2O1)N(c1nc(SCCC(F)(F)F)nc(Cl)c1[N+](=O)[O-])C3=O. The van der Waals surface area contributed by atoms with Crippen molar-refractivity contribution in [2.45, 2.75) is 62.1 Å². The molecule has 0 radical (unpaired) electrons. The summed E-state index contributed by atoms with van der Waals surface area (Å²) in [5.74, 6) is -2.62. The standard InChI is InChI=1S/C16H16ClF3N4O5S/c1-15(2)28-9-6-5-7(10(9)29-15)23(13(6)25)12-8(24(26)27)11(17)21-14(22-12)30-4-3-16(18,19)20/h6-7,9-10H,3-5H2,1-2H3. The summed E-state index contributed by atoms with van der Waals surface area (Å²) in [6, 6.07) is -0.563. The number of halogens is 4. The van der Waals surface area contributed by atoms with Gasteiger partial charge in [-0.1, -0.05) is 23.4 Å². The summed E-state index contributed by atoms with van der Waals surface area (Å²) in [6.45, 7) is 3.41. The highest BCUT2D eigenvalue weighted by Gasteiger charge is 2.65. The third-order valence-electron chi connectivity index (χ3n) is 5.15. The van der Waals surface area contributed by atoms with E-state index in [4.69, 9.17) is 21.1 Å². The summed E-state index contributed by atoms with van der Waals surface area (Å²) in [6.07, 6.45) is -6.07. The molecule has 2 aliphatic heterocycles. The average Bonchev–Trinajstić information content (AvgIpc) is 3.18. The molecule has 164 valence electrons. The van der Waals surface area contributed by atoms with Crippen LogP contribution in [0.25, 0.3) is 0 Å². The number of carbonyl (C=O) groups excluding carboxylic acids is 1. The second-order valence-electron chi connectivity index (χ2n) is 7.62. The van der Waals surface area contributed by atoms with Crippen molar-refractivity contribution in [2.24, 2.45) is 5.92 Å². The Morgan fingerprint density at radius 3 is 2.63 bits per heavy atom. The van der Waals surface area contributed by atoms with Gasteiger partial charge in [0.1, 0.15) is 12.2 Å². The second-order valence-corrected chi connectivity index (χ2v) is 9.04. The number of amides is 1. The van der Waals surface area contributed by atoms with Gasteiger partial charge in [-0.2, -0.15) is 18.2 Å². The lowest BCUT2D eigenvalue weighted by atomic mass is 10.0. The van der Waals surface area contributed by atoms with Crippen molar-refractivity contribution >= 4 is 40.8 Å². The molecule has 1 amide bonds. The van der Waals surface area contributed by atoms with Crippen molar-refractivity contribution in [3.63, 3.8) is 0 Å². The smallest absolute Gasteiger partial charge is 0.344 e. The molecule has 3 aliphatic rings. The summed E-state index contributed by atoms with van der Waals surface area (Å²) in [5, 5.41) is 10.9. The first-order chi connectivity index (χ1) is 13.9. The maximum Gasteiger partial charge on any atom is 0.389 e. The topological polar surface area (TPSA) is 108 Å². The number of thioether (sulfide) groups is 1. The summed E-state index contributed by atoms with van der Waals surface area (Å²) < 4.78 is 49.0. The molecule has 1 aliphatic carbocycles. The fourth-order valence-corrected chi connectivity index (χ4v) is 5.20. The van der Waals surface area contributed by atoms with Gasteiger partial charge in [-0.15, -0.1) is 0 Å². The molecule has 2 bridgehead atoms. The van der Waals surface area contributed by atoms with Crippen LogP contribution in [-0.2, 0) is 14.3 Å². The van der Waals surface area contributed by atoms with E-state index in [1.54, 1.807) is 13.8 Å². The van der Waals surface area contributed by atoms with Crippen molar-refractivity contribution in [3.05, 3.63) is 15.3 Å². The lowest BCUT2D eigenvalue weighted by Crippen LogP contribution is -2.51. The van der Waals surface area contributed by atoms with Gasteiger partial charge in [-0.05, 0) is 20.3 Å². The largest absolute Gasteiger partial charge is 0.389 e. The minimum atomic E-state index is -4.37. The van der Waals surface area contributed by atoms with Crippen molar-refractivity contribution in [1.29, 1.82) is 0 Å². The van der Waals surface area contributed by atoms with Crippen LogP contribution in [0.4, 0.5) is 24.7 Å². The number of hydrogen-bond acceptors (Lipinski definition) is 8. The van der Waals surface area contributed by atoms with E-state index in [2.05, 4.69) is 9.97 Å². The highest BCUT2D eigenvalue weighted by atomic mass is 35.5. The lowest BCUT2D eigenvalue weighted by Gasteiger charge is -2.31. The van der Waals surface area contributed by atoms with Crippen LogP contribution in [-0.4, -0.2) is 56.8 Å². The minimum absolute atomic E-state index is 0.180. The Bertz CT molecular complexity index is 918. The van der Waals surface area contributed by atoms with Crippen LogP contribution in [0.15, 0.2) is 5.16 Å². The molecule has 1 saturated carbocycles. The van der Waals surface area contributed by atoms with Crippen LogP contribution in [0.3, 0.4) is 0 Å². The van der Waals surface area contributed by atoms with E-state index in [0.717, 1.165) is 4.90 Å². The lowest BCUT2D eigenvalue weighted by molar-refractivity contribution is -0.384. The van der Waals surface area contributed by atoms with Crippen LogP contribution in [0, 0.1) is 16.0 Å². The van der Waals surface area contributed by atoms with Crippen molar-refractivity contribution in [3.8, 4) is 0 Å². The number of rotatable bonds is 5. The van der Waals surface area contributed by atoms with Crippen LogP contribution in [0.1, 0.15) is 26.7 Å². The fourth-order valence-electron chi connectivity index (χ4n) is 4.10. The monoisotopic (exact) mass is 468 g/mol. The van der Waals surface area contributed by atoms with Crippen LogP contribution < -0.4 is 4.90 Å². The van der Waals surface area contributed by atoms with E-state index in [9.17, 15) is 28.1 Å². The van der Waals surface area contributed by atoms with Crippen LogP contribution >= 0.6 is 23.4 Å². The number of alkyl halides is 3. The quantitative estimate of drug-likeness (QED) is 0.213. The van der Waals surface area contributed by atoms with E-state index in [1.807, 2.05) is 0 Å². The number of aromatic nitrogens is 2.